The number of nitrogens with one attached hydrogen (secondary N) is 1. The van der Waals surface area contributed by atoms with Crippen molar-refractivity contribution in [3.8, 4) is 17.4 Å². The van der Waals surface area contributed by atoms with Crippen molar-refractivity contribution in [3.63, 3.8) is 0 Å². The lowest BCUT2D eigenvalue weighted by atomic mass is 10.1. The first kappa shape index (κ1) is 24.6. The maximum Gasteiger partial charge on any atom is 0.347 e. The molecule has 1 amide bonds. The summed E-state index contributed by atoms with van der Waals surface area (Å²) < 4.78 is 21.7. The number of ether oxygens (including phenoxy) is 4. The zero-order valence-electron chi connectivity index (χ0n) is 19.2. The van der Waals surface area contributed by atoms with E-state index < -0.39 is 12.1 Å². The SMILES string of the molecule is CCOC(=O)C(Cc1ccc(OCCNC(=O)c2ccc(OC)nc2)cc1)Oc1ccccc1. The van der Waals surface area contributed by atoms with Gasteiger partial charge in [-0.25, -0.2) is 9.78 Å². The second-order valence-corrected chi connectivity index (χ2v) is 7.21. The van der Waals surface area contributed by atoms with Gasteiger partial charge in [0.2, 0.25) is 5.88 Å². The summed E-state index contributed by atoms with van der Waals surface area (Å²) in [6.07, 6.45) is 1.07. The fraction of sp³-hybridized carbons (Fsp3) is 0.269. The summed E-state index contributed by atoms with van der Waals surface area (Å²) in [7, 11) is 1.52. The highest BCUT2D eigenvalue weighted by molar-refractivity contribution is 5.93. The number of aromatic nitrogens is 1. The van der Waals surface area contributed by atoms with Crippen LogP contribution >= 0.6 is 0 Å². The number of carbonyl (C=O) groups is 2. The molecule has 3 aromatic rings. The summed E-state index contributed by atoms with van der Waals surface area (Å²) in [5.74, 6) is 1.06. The monoisotopic (exact) mass is 464 g/mol. The van der Waals surface area contributed by atoms with Gasteiger partial charge in [0.05, 0.1) is 25.8 Å². The Hall–Kier alpha value is -4.07. The molecule has 0 bridgehead atoms. The maximum absolute atomic E-state index is 12.4. The van der Waals surface area contributed by atoms with Gasteiger partial charge >= 0.3 is 5.97 Å². The predicted molar refractivity (Wildman–Crippen MR) is 126 cm³/mol. The number of para-hydroxylation sites is 1. The number of hydrogen-bond donors (Lipinski definition) is 1. The molecule has 1 N–H and O–H groups in total. The highest BCUT2D eigenvalue weighted by Crippen LogP contribution is 2.18. The van der Waals surface area contributed by atoms with Gasteiger partial charge in [-0.3, -0.25) is 4.79 Å². The standard InChI is InChI=1S/C26H28N2O6/c1-3-32-26(30)23(34-22-7-5-4-6-8-22)17-19-9-12-21(13-10-19)33-16-15-27-25(29)20-11-14-24(31-2)28-18-20/h4-14,18,23H,3,15-17H2,1-2H3,(H,27,29). The molecule has 0 saturated heterocycles. The molecule has 8 nitrogen and oxygen atoms in total. The van der Waals surface area contributed by atoms with Crippen LogP contribution in [0.1, 0.15) is 22.8 Å². The number of hydrogen-bond acceptors (Lipinski definition) is 7. The fourth-order valence-corrected chi connectivity index (χ4v) is 3.08. The smallest absolute Gasteiger partial charge is 0.347 e. The Morgan fingerprint density at radius 2 is 1.74 bits per heavy atom. The highest BCUT2D eigenvalue weighted by atomic mass is 16.6. The minimum absolute atomic E-state index is 0.238. The Morgan fingerprint density at radius 3 is 2.38 bits per heavy atom. The van der Waals surface area contributed by atoms with Gasteiger partial charge in [-0.15, -0.1) is 0 Å². The fourth-order valence-electron chi connectivity index (χ4n) is 3.08. The zero-order chi connectivity index (χ0) is 24.2. The molecule has 0 fully saturated rings. The molecule has 0 aliphatic carbocycles. The first-order valence-corrected chi connectivity index (χ1v) is 11.0. The van der Waals surface area contributed by atoms with E-state index in [0.717, 1.165) is 5.56 Å². The van der Waals surface area contributed by atoms with Gasteiger partial charge in [-0.2, -0.15) is 0 Å². The molecule has 1 unspecified atom stereocenters. The molecular formula is C26H28N2O6. The largest absolute Gasteiger partial charge is 0.492 e. The van der Waals surface area contributed by atoms with E-state index in [1.54, 1.807) is 31.2 Å². The summed E-state index contributed by atoms with van der Waals surface area (Å²) in [5.41, 5.74) is 1.35. The lowest BCUT2D eigenvalue weighted by molar-refractivity contribution is -0.151. The van der Waals surface area contributed by atoms with Gasteiger partial charge in [0, 0.05) is 18.7 Å². The van der Waals surface area contributed by atoms with Crippen molar-refractivity contribution in [1.29, 1.82) is 0 Å². The van der Waals surface area contributed by atoms with Crippen LogP contribution < -0.4 is 19.5 Å². The lowest BCUT2D eigenvalue weighted by Crippen LogP contribution is -2.31. The van der Waals surface area contributed by atoms with Crippen LogP contribution in [0, 0.1) is 0 Å². The van der Waals surface area contributed by atoms with Gasteiger partial charge in [0.15, 0.2) is 6.10 Å². The summed E-state index contributed by atoms with van der Waals surface area (Å²) in [5, 5.41) is 2.78. The summed E-state index contributed by atoms with van der Waals surface area (Å²) in [6, 6.07) is 19.8. The molecule has 1 heterocycles. The number of amides is 1. The van der Waals surface area contributed by atoms with E-state index in [9.17, 15) is 9.59 Å². The molecule has 0 spiro atoms. The molecular weight excluding hydrogens is 436 g/mol. The number of pyridine rings is 1. The quantitative estimate of drug-likeness (QED) is 0.324. The van der Waals surface area contributed by atoms with Crippen LogP contribution in [0.25, 0.3) is 0 Å². The molecule has 0 saturated carbocycles. The van der Waals surface area contributed by atoms with Gasteiger partial charge < -0.3 is 24.3 Å². The second kappa shape index (κ2) is 12.8. The van der Waals surface area contributed by atoms with Gasteiger partial charge in [-0.1, -0.05) is 30.3 Å². The average molecular weight is 465 g/mol. The van der Waals surface area contributed by atoms with Crippen molar-refractivity contribution in [2.24, 2.45) is 0 Å². The Kier molecular flexibility index (Phi) is 9.28. The van der Waals surface area contributed by atoms with Crippen molar-refractivity contribution in [2.75, 3.05) is 26.9 Å². The van der Waals surface area contributed by atoms with Crippen molar-refractivity contribution in [3.05, 3.63) is 84.1 Å². The Bertz CT molecular complexity index is 1040. The van der Waals surface area contributed by atoms with E-state index in [0.29, 0.717) is 42.5 Å². The maximum atomic E-state index is 12.4. The van der Waals surface area contributed by atoms with Gasteiger partial charge in [-0.05, 0) is 42.8 Å². The minimum Gasteiger partial charge on any atom is -0.492 e. The number of rotatable bonds is 12. The predicted octanol–water partition coefficient (Wildman–Crippen LogP) is 3.45. The van der Waals surface area contributed by atoms with E-state index in [1.807, 2.05) is 42.5 Å². The zero-order valence-corrected chi connectivity index (χ0v) is 19.2. The molecule has 0 radical (unpaired) electrons. The Balaban J connectivity index is 1.48. The summed E-state index contributed by atoms with van der Waals surface area (Å²) >= 11 is 0. The molecule has 0 aliphatic rings. The van der Waals surface area contributed by atoms with Crippen LogP contribution in [-0.2, 0) is 16.0 Å². The molecule has 1 aromatic heterocycles. The lowest BCUT2D eigenvalue weighted by Gasteiger charge is -2.18. The van der Waals surface area contributed by atoms with Crippen molar-refractivity contribution in [2.45, 2.75) is 19.4 Å². The van der Waals surface area contributed by atoms with Crippen LogP contribution in [0.15, 0.2) is 72.9 Å². The third-order valence-corrected chi connectivity index (χ3v) is 4.78. The van der Waals surface area contributed by atoms with E-state index in [2.05, 4.69) is 10.3 Å². The molecule has 34 heavy (non-hydrogen) atoms. The molecule has 2 aromatic carbocycles. The average Bonchev–Trinajstić information content (AvgIpc) is 2.88. The van der Waals surface area contributed by atoms with Crippen LogP contribution in [0.3, 0.4) is 0 Å². The van der Waals surface area contributed by atoms with Crippen molar-refractivity contribution >= 4 is 11.9 Å². The Morgan fingerprint density at radius 1 is 0.971 bits per heavy atom. The van der Waals surface area contributed by atoms with E-state index in [-0.39, 0.29) is 12.5 Å². The topological polar surface area (TPSA) is 96.0 Å². The minimum atomic E-state index is -0.753. The van der Waals surface area contributed by atoms with E-state index in [4.69, 9.17) is 18.9 Å². The number of benzene rings is 2. The second-order valence-electron chi connectivity index (χ2n) is 7.21. The number of nitrogens with zero attached hydrogens (tertiary/aromatic N) is 1. The number of esters is 1. The van der Waals surface area contributed by atoms with Crippen LogP contribution in [0.2, 0.25) is 0 Å². The van der Waals surface area contributed by atoms with Crippen LogP contribution in [0.5, 0.6) is 17.4 Å². The third-order valence-electron chi connectivity index (χ3n) is 4.78. The number of carbonyl (C=O) groups excluding carboxylic acids is 2. The number of methoxy groups -OCH3 is 1. The molecule has 3 rings (SSSR count). The first-order valence-electron chi connectivity index (χ1n) is 11.0. The van der Waals surface area contributed by atoms with Gasteiger partial charge in [0.1, 0.15) is 18.1 Å². The van der Waals surface area contributed by atoms with Gasteiger partial charge in [0.25, 0.3) is 5.91 Å². The normalized spacial score (nSPS) is 11.2. The molecule has 1 atom stereocenters. The highest BCUT2D eigenvalue weighted by Gasteiger charge is 2.22. The van der Waals surface area contributed by atoms with Crippen molar-refractivity contribution in [1.82, 2.24) is 10.3 Å². The first-order chi connectivity index (χ1) is 16.6. The molecule has 8 heteroatoms. The third kappa shape index (κ3) is 7.51. The Labute approximate surface area is 198 Å². The van der Waals surface area contributed by atoms with E-state index in [1.165, 1.54) is 13.3 Å². The van der Waals surface area contributed by atoms with Crippen LogP contribution in [-0.4, -0.2) is 49.8 Å². The summed E-state index contributed by atoms with van der Waals surface area (Å²) in [4.78, 5) is 28.5. The molecule has 0 aliphatic heterocycles. The van der Waals surface area contributed by atoms with Crippen molar-refractivity contribution < 1.29 is 28.5 Å². The summed E-state index contributed by atoms with van der Waals surface area (Å²) in [6.45, 7) is 2.69. The molecule has 178 valence electrons. The van der Waals surface area contributed by atoms with Crippen LogP contribution in [0.4, 0.5) is 0 Å². The van der Waals surface area contributed by atoms with E-state index >= 15 is 0 Å².